The molecule has 27 heavy (non-hydrogen) atoms. The van der Waals surface area contributed by atoms with Gasteiger partial charge in [0, 0.05) is 17.7 Å². The lowest BCUT2D eigenvalue weighted by atomic mass is 10.1. The Balaban J connectivity index is 1.85. The molecule has 2 aromatic heterocycles. The molecule has 2 heterocycles. The van der Waals surface area contributed by atoms with Crippen LogP contribution in [0.15, 0.2) is 42.9 Å². The first-order chi connectivity index (χ1) is 13.0. The summed E-state index contributed by atoms with van der Waals surface area (Å²) >= 11 is 0. The van der Waals surface area contributed by atoms with E-state index in [9.17, 15) is 9.90 Å². The van der Waals surface area contributed by atoms with E-state index in [1.54, 1.807) is 29.9 Å². The van der Waals surface area contributed by atoms with Crippen molar-refractivity contribution in [3.8, 4) is 5.75 Å². The molecule has 0 aliphatic carbocycles. The number of phenolic OH excluding ortho intramolecular Hbond substituents is 1. The standard InChI is InChI=1S/C19H22N6O2/c1-13-8-16(15(9-18(13)27)21-5-7-26)23-17-10-22-25(19(17)20)12-14-4-3-6-24(2)11-14/h3-4,6-11,21,23H,5,12H2,1-2H3,(H2-,20,22,27)/p+1. The van der Waals surface area contributed by atoms with Crippen LogP contribution in [-0.2, 0) is 18.4 Å². The maximum absolute atomic E-state index is 10.7. The van der Waals surface area contributed by atoms with Crippen LogP contribution in [0.1, 0.15) is 11.1 Å². The summed E-state index contributed by atoms with van der Waals surface area (Å²) in [6, 6.07) is 7.35. The van der Waals surface area contributed by atoms with Gasteiger partial charge in [-0.2, -0.15) is 5.10 Å². The van der Waals surface area contributed by atoms with E-state index in [-0.39, 0.29) is 12.3 Å². The summed E-state index contributed by atoms with van der Waals surface area (Å²) in [6.45, 7) is 2.48. The Morgan fingerprint density at radius 3 is 2.89 bits per heavy atom. The van der Waals surface area contributed by atoms with Crippen molar-refractivity contribution < 1.29 is 14.5 Å². The molecule has 0 spiro atoms. The molecule has 0 atom stereocenters. The predicted molar refractivity (Wildman–Crippen MR) is 104 cm³/mol. The van der Waals surface area contributed by atoms with E-state index in [1.165, 1.54) is 0 Å². The molecule has 8 nitrogen and oxygen atoms in total. The summed E-state index contributed by atoms with van der Waals surface area (Å²) in [5, 5.41) is 20.5. The highest BCUT2D eigenvalue weighted by Crippen LogP contribution is 2.33. The van der Waals surface area contributed by atoms with Gasteiger partial charge in [-0.1, -0.05) is 0 Å². The summed E-state index contributed by atoms with van der Waals surface area (Å²) in [7, 11) is 1.96. The number of hydrogen-bond acceptors (Lipinski definition) is 6. The number of carbonyl (C=O) groups excluding carboxylic acids is 1. The van der Waals surface area contributed by atoms with Crippen LogP contribution in [0, 0.1) is 6.92 Å². The second kappa shape index (κ2) is 7.77. The van der Waals surface area contributed by atoms with E-state index in [2.05, 4.69) is 15.7 Å². The van der Waals surface area contributed by atoms with Crippen molar-refractivity contribution >= 4 is 29.2 Å². The number of rotatable bonds is 7. The number of aldehydes is 1. The van der Waals surface area contributed by atoms with E-state index < -0.39 is 0 Å². The molecule has 5 N–H and O–H groups in total. The zero-order chi connectivity index (χ0) is 19.4. The van der Waals surface area contributed by atoms with Crippen LogP contribution in [0.25, 0.3) is 0 Å². The molecule has 3 rings (SSSR count). The van der Waals surface area contributed by atoms with Gasteiger partial charge < -0.3 is 26.3 Å². The fourth-order valence-corrected chi connectivity index (χ4v) is 2.78. The van der Waals surface area contributed by atoms with Crippen LogP contribution in [0.5, 0.6) is 5.75 Å². The van der Waals surface area contributed by atoms with Crippen LogP contribution >= 0.6 is 0 Å². The van der Waals surface area contributed by atoms with Crippen molar-refractivity contribution in [1.82, 2.24) is 9.78 Å². The van der Waals surface area contributed by atoms with Gasteiger partial charge in [0.2, 0.25) is 0 Å². The first-order valence-corrected chi connectivity index (χ1v) is 8.51. The normalized spacial score (nSPS) is 10.6. The number of nitrogens with zero attached hydrogens (tertiary/aromatic N) is 3. The minimum Gasteiger partial charge on any atom is -0.508 e. The van der Waals surface area contributed by atoms with Crippen LogP contribution < -0.4 is 20.9 Å². The molecule has 0 aliphatic heterocycles. The number of aromatic nitrogens is 3. The molecule has 0 amide bonds. The van der Waals surface area contributed by atoms with Crippen LogP contribution in [0.4, 0.5) is 22.9 Å². The lowest BCUT2D eigenvalue weighted by Gasteiger charge is -2.14. The quantitative estimate of drug-likeness (QED) is 0.288. The lowest BCUT2D eigenvalue weighted by Crippen LogP contribution is -2.27. The minimum absolute atomic E-state index is 0.136. The molecule has 8 heteroatoms. The van der Waals surface area contributed by atoms with Crippen LogP contribution in [-0.4, -0.2) is 27.7 Å². The summed E-state index contributed by atoms with van der Waals surface area (Å²) < 4.78 is 3.68. The fourth-order valence-electron chi connectivity index (χ4n) is 2.78. The van der Waals surface area contributed by atoms with Gasteiger partial charge in [0.05, 0.1) is 30.7 Å². The number of pyridine rings is 1. The highest BCUT2D eigenvalue weighted by Gasteiger charge is 2.13. The zero-order valence-corrected chi connectivity index (χ0v) is 15.3. The van der Waals surface area contributed by atoms with E-state index in [1.807, 2.05) is 36.1 Å². The Kier molecular flexibility index (Phi) is 5.25. The Morgan fingerprint density at radius 1 is 1.33 bits per heavy atom. The highest BCUT2D eigenvalue weighted by molar-refractivity contribution is 5.81. The maximum Gasteiger partial charge on any atom is 0.173 e. The number of carbonyl (C=O) groups is 1. The Morgan fingerprint density at radius 2 is 2.15 bits per heavy atom. The van der Waals surface area contributed by atoms with Crippen molar-refractivity contribution in [2.24, 2.45) is 7.05 Å². The lowest BCUT2D eigenvalue weighted by molar-refractivity contribution is -0.671. The average molecular weight is 367 g/mol. The molecule has 0 saturated heterocycles. The van der Waals surface area contributed by atoms with Gasteiger partial charge in [0.15, 0.2) is 12.4 Å². The number of benzene rings is 1. The number of nitrogen functional groups attached to an aromatic ring is 1. The summed E-state index contributed by atoms with van der Waals surface area (Å²) in [5.41, 5.74) is 10.00. The van der Waals surface area contributed by atoms with Gasteiger partial charge >= 0.3 is 0 Å². The highest BCUT2D eigenvalue weighted by atomic mass is 16.3. The second-order valence-electron chi connectivity index (χ2n) is 6.34. The SMILES string of the molecule is Cc1cc(Nc2cnn(Cc3ccc[n+](C)c3)c2N)c(NCC=O)cc1O. The third-order valence-electron chi connectivity index (χ3n) is 4.19. The summed E-state index contributed by atoms with van der Waals surface area (Å²) in [4.78, 5) is 10.7. The largest absolute Gasteiger partial charge is 0.508 e. The molecular weight excluding hydrogens is 344 g/mol. The van der Waals surface area contributed by atoms with E-state index >= 15 is 0 Å². The predicted octanol–water partition coefficient (Wildman–Crippen LogP) is 1.71. The second-order valence-corrected chi connectivity index (χ2v) is 6.34. The third-order valence-corrected chi connectivity index (χ3v) is 4.19. The van der Waals surface area contributed by atoms with E-state index in [0.29, 0.717) is 35.0 Å². The maximum atomic E-state index is 10.7. The van der Waals surface area contributed by atoms with Gasteiger partial charge in [-0.3, -0.25) is 0 Å². The number of hydrogen-bond donors (Lipinski definition) is 4. The first-order valence-electron chi connectivity index (χ1n) is 8.51. The Hall–Kier alpha value is -3.55. The minimum atomic E-state index is 0.136. The molecule has 0 radical (unpaired) electrons. The number of aromatic hydroxyl groups is 1. The molecule has 0 aliphatic rings. The molecule has 1 aromatic carbocycles. The fraction of sp³-hybridized carbons (Fsp3) is 0.211. The molecule has 0 saturated carbocycles. The van der Waals surface area contributed by atoms with Gasteiger partial charge in [-0.15, -0.1) is 0 Å². The van der Waals surface area contributed by atoms with Crippen molar-refractivity contribution in [2.45, 2.75) is 13.5 Å². The van der Waals surface area contributed by atoms with E-state index in [4.69, 9.17) is 5.73 Å². The molecule has 0 fully saturated rings. The number of nitrogens with two attached hydrogens (primary N) is 1. The van der Waals surface area contributed by atoms with Crippen molar-refractivity contribution in [3.63, 3.8) is 0 Å². The monoisotopic (exact) mass is 367 g/mol. The number of anilines is 4. The van der Waals surface area contributed by atoms with Gasteiger partial charge in [-0.25, -0.2) is 9.25 Å². The summed E-state index contributed by atoms with van der Waals surface area (Å²) in [6.07, 6.45) is 6.39. The average Bonchev–Trinajstić information content (AvgIpc) is 2.97. The molecule has 140 valence electrons. The van der Waals surface area contributed by atoms with Crippen LogP contribution in [0.2, 0.25) is 0 Å². The number of nitrogens with one attached hydrogen (secondary N) is 2. The van der Waals surface area contributed by atoms with E-state index in [0.717, 1.165) is 11.8 Å². The topological polar surface area (TPSA) is 109 Å². The molecule has 0 bridgehead atoms. The van der Waals surface area contributed by atoms with Gasteiger partial charge in [0.1, 0.15) is 30.6 Å². The molecule has 3 aromatic rings. The van der Waals surface area contributed by atoms with Crippen molar-refractivity contribution in [1.29, 1.82) is 0 Å². The Bertz CT molecular complexity index is 967. The van der Waals surface area contributed by atoms with Crippen molar-refractivity contribution in [3.05, 3.63) is 54.0 Å². The van der Waals surface area contributed by atoms with Gasteiger partial charge in [0.25, 0.3) is 0 Å². The van der Waals surface area contributed by atoms with Gasteiger partial charge in [-0.05, 0) is 24.6 Å². The third kappa shape index (κ3) is 4.17. The smallest absolute Gasteiger partial charge is 0.173 e. The van der Waals surface area contributed by atoms with Crippen molar-refractivity contribution in [2.75, 3.05) is 22.9 Å². The first kappa shape index (κ1) is 18.2. The van der Waals surface area contributed by atoms with Crippen LogP contribution in [0.3, 0.4) is 0 Å². The molecular formula is C19H23N6O2+. The molecule has 0 unspecified atom stereocenters. The Labute approximate surface area is 157 Å². The number of phenols is 1. The zero-order valence-electron chi connectivity index (χ0n) is 15.3. The summed E-state index contributed by atoms with van der Waals surface area (Å²) in [5.74, 6) is 0.642. The number of aryl methyl sites for hydroxylation is 2.